The molecule has 0 spiro atoms. The number of aryl methyl sites for hydroxylation is 2. The Bertz CT molecular complexity index is 1550. The molecule has 0 fully saturated rings. The van der Waals surface area contributed by atoms with Crippen molar-refractivity contribution in [2.24, 2.45) is 16.5 Å². The van der Waals surface area contributed by atoms with Crippen molar-refractivity contribution < 1.29 is 55.5 Å². The molecule has 8 atom stereocenters. The van der Waals surface area contributed by atoms with Crippen molar-refractivity contribution >= 4 is 41.0 Å². The van der Waals surface area contributed by atoms with Crippen LogP contribution >= 0.6 is 11.6 Å². The predicted octanol–water partition coefficient (Wildman–Crippen LogP) is -4.67. The summed E-state index contributed by atoms with van der Waals surface area (Å²) in [4.78, 5) is 37.8. The number of anilines is 2. The molecule has 0 aliphatic heterocycles. The number of rotatable bonds is 27. The minimum atomic E-state index is -1.85. The first-order chi connectivity index (χ1) is 27.0. The standard InChI is InChI=1S/C35H59ClN10O11/c36-30-32(38)44-31(37)27(43-30)34(57)45-35(40)42-11-2-1-4-19-5-7-20(8-6-19)9-10-22(33(39)56)41-12-3-13-46(15-21(49)14-23(50)25(52)17-47)16-24(51)28(54)29(55)26(53)18-48/h5-8,21-26,28-29,41,47-55H,1-4,9-18H2,(H2,39,56)(H4,37,38,44)(H3,40,42,45,57)/t21-,22+,23+,24+,25-,26-,28-,29-/m1/s1. The highest BCUT2D eigenvalue weighted by atomic mass is 35.5. The molecule has 322 valence electrons. The fourth-order valence-corrected chi connectivity index (χ4v) is 5.82. The molecular weight excluding hydrogens is 772 g/mol. The Kier molecular flexibility index (Phi) is 22.1. The third-order valence-corrected chi connectivity index (χ3v) is 9.31. The molecule has 0 aliphatic rings. The van der Waals surface area contributed by atoms with E-state index in [1.165, 1.54) is 4.90 Å². The summed E-state index contributed by atoms with van der Waals surface area (Å²) >= 11 is 5.81. The van der Waals surface area contributed by atoms with Crippen LogP contribution in [0.4, 0.5) is 11.6 Å². The van der Waals surface area contributed by atoms with Crippen molar-refractivity contribution in [2.75, 3.05) is 57.4 Å². The zero-order valence-corrected chi connectivity index (χ0v) is 32.4. The van der Waals surface area contributed by atoms with Crippen LogP contribution in [0.1, 0.15) is 53.7 Å². The number of unbranched alkanes of at least 4 members (excludes halogenated alkanes) is 1. The topological polar surface area (TPSA) is 386 Å². The normalized spacial score (nSPS) is 16.4. The maximum atomic E-state index is 12.4. The van der Waals surface area contributed by atoms with E-state index in [4.69, 9.17) is 44.7 Å². The summed E-state index contributed by atoms with van der Waals surface area (Å²) in [5.41, 5.74) is 24.5. The van der Waals surface area contributed by atoms with Crippen molar-refractivity contribution in [3.05, 3.63) is 46.2 Å². The van der Waals surface area contributed by atoms with E-state index in [2.05, 4.69) is 25.6 Å². The molecule has 19 N–H and O–H groups in total. The van der Waals surface area contributed by atoms with Crippen LogP contribution in [0.5, 0.6) is 0 Å². The quantitative estimate of drug-likeness (QED) is 0.0229. The van der Waals surface area contributed by atoms with Gasteiger partial charge in [-0.05, 0) is 62.7 Å². The second kappa shape index (κ2) is 25.5. The van der Waals surface area contributed by atoms with Gasteiger partial charge in [0.2, 0.25) is 5.91 Å². The van der Waals surface area contributed by atoms with E-state index in [1.807, 2.05) is 24.3 Å². The molecule has 2 rings (SSSR count). The summed E-state index contributed by atoms with van der Waals surface area (Å²) in [5, 5.41) is 94.1. The van der Waals surface area contributed by atoms with Gasteiger partial charge in [-0.1, -0.05) is 35.9 Å². The number of nitrogens with one attached hydrogen (secondary N) is 2. The van der Waals surface area contributed by atoms with Crippen LogP contribution in [-0.4, -0.2) is 173 Å². The molecule has 0 saturated carbocycles. The first kappa shape index (κ1) is 49.3. The monoisotopic (exact) mass is 830 g/mol. The summed E-state index contributed by atoms with van der Waals surface area (Å²) in [5.74, 6) is -1.69. The van der Waals surface area contributed by atoms with E-state index in [0.717, 1.165) is 24.0 Å². The number of amides is 2. The Balaban J connectivity index is 1.83. The number of aliphatic imine (C=N–C) groups is 1. The summed E-state index contributed by atoms with van der Waals surface area (Å²) in [6.07, 6.45) is -7.88. The van der Waals surface area contributed by atoms with E-state index in [9.17, 15) is 45.3 Å². The van der Waals surface area contributed by atoms with Gasteiger partial charge < -0.3 is 74.2 Å². The number of halogens is 1. The van der Waals surface area contributed by atoms with E-state index in [1.54, 1.807) is 0 Å². The predicted molar refractivity (Wildman–Crippen MR) is 210 cm³/mol. The van der Waals surface area contributed by atoms with Gasteiger partial charge in [0.05, 0.1) is 37.6 Å². The van der Waals surface area contributed by atoms with Gasteiger partial charge in [-0.3, -0.25) is 24.8 Å². The summed E-state index contributed by atoms with van der Waals surface area (Å²) in [6.45, 7) is -1.17. The molecule has 2 aromatic rings. The highest BCUT2D eigenvalue weighted by molar-refractivity contribution is 6.31. The Morgan fingerprint density at radius 2 is 1.40 bits per heavy atom. The number of nitrogens with two attached hydrogens (primary N) is 4. The number of hydrogen-bond donors (Lipinski definition) is 15. The highest BCUT2D eigenvalue weighted by Crippen LogP contribution is 2.17. The van der Waals surface area contributed by atoms with Gasteiger partial charge in [-0.2, -0.15) is 0 Å². The molecular formula is C35H59ClN10O11. The van der Waals surface area contributed by atoms with E-state index in [0.29, 0.717) is 38.8 Å². The zero-order chi connectivity index (χ0) is 42.7. The fraction of sp³-hybridized carbons (Fsp3) is 0.629. The van der Waals surface area contributed by atoms with Crippen LogP contribution in [-0.2, 0) is 17.6 Å². The average Bonchev–Trinajstić information content (AvgIpc) is 3.17. The van der Waals surface area contributed by atoms with E-state index >= 15 is 0 Å². The number of carbonyl (C=O) groups excluding carboxylic acids is 2. The van der Waals surface area contributed by atoms with Crippen LogP contribution < -0.4 is 33.6 Å². The largest absolute Gasteiger partial charge is 0.394 e. The molecule has 57 heavy (non-hydrogen) atoms. The average molecular weight is 831 g/mol. The maximum Gasteiger partial charge on any atom is 0.280 e. The first-order valence-electron chi connectivity index (χ1n) is 18.5. The van der Waals surface area contributed by atoms with E-state index in [-0.39, 0.29) is 54.5 Å². The lowest BCUT2D eigenvalue weighted by Crippen LogP contribution is -2.51. The lowest BCUT2D eigenvalue weighted by Gasteiger charge is -2.32. The maximum absolute atomic E-state index is 12.4. The number of primary amides is 1. The van der Waals surface area contributed by atoms with Gasteiger partial charge in [0.25, 0.3) is 5.91 Å². The minimum Gasteiger partial charge on any atom is -0.394 e. The van der Waals surface area contributed by atoms with Gasteiger partial charge in [0.15, 0.2) is 28.4 Å². The second-order valence-electron chi connectivity index (χ2n) is 13.7. The molecule has 0 radical (unpaired) electrons. The number of carbonyl (C=O) groups is 2. The molecule has 2 amide bonds. The van der Waals surface area contributed by atoms with Crippen LogP contribution in [0.2, 0.25) is 5.15 Å². The van der Waals surface area contributed by atoms with Crippen LogP contribution in [0, 0.1) is 0 Å². The number of guanidine groups is 1. The molecule has 21 nitrogen and oxygen atoms in total. The number of aromatic nitrogens is 2. The van der Waals surface area contributed by atoms with Crippen molar-refractivity contribution in [3.63, 3.8) is 0 Å². The number of benzene rings is 1. The molecule has 22 heteroatoms. The highest BCUT2D eigenvalue weighted by Gasteiger charge is 2.32. The molecule has 1 aromatic carbocycles. The molecule has 0 saturated heterocycles. The summed E-state index contributed by atoms with van der Waals surface area (Å²) < 4.78 is 0. The summed E-state index contributed by atoms with van der Waals surface area (Å²) in [7, 11) is 0. The number of hydrogen-bond acceptors (Lipinski definition) is 18. The van der Waals surface area contributed by atoms with Crippen molar-refractivity contribution in [2.45, 2.75) is 93.7 Å². The van der Waals surface area contributed by atoms with Crippen molar-refractivity contribution in [3.8, 4) is 0 Å². The first-order valence-corrected chi connectivity index (χ1v) is 18.9. The lowest BCUT2D eigenvalue weighted by molar-refractivity contribution is -0.121. The third-order valence-electron chi connectivity index (χ3n) is 9.03. The second-order valence-corrected chi connectivity index (χ2v) is 14.1. The van der Waals surface area contributed by atoms with Crippen LogP contribution in [0.3, 0.4) is 0 Å². The molecule has 0 unspecified atom stereocenters. The summed E-state index contributed by atoms with van der Waals surface area (Å²) in [6, 6.07) is 7.24. The Morgan fingerprint density at radius 3 is 2.02 bits per heavy atom. The Morgan fingerprint density at radius 1 is 0.789 bits per heavy atom. The van der Waals surface area contributed by atoms with E-state index < -0.39 is 73.8 Å². The third kappa shape index (κ3) is 17.7. The van der Waals surface area contributed by atoms with Gasteiger partial charge in [-0.15, -0.1) is 0 Å². The van der Waals surface area contributed by atoms with Gasteiger partial charge >= 0.3 is 0 Å². The van der Waals surface area contributed by atoms with Gasteiger partial charge in [-0.25, -0.2) is 9.97 Å². The SMILES string of the molecule is NC(=O)[C@H](CCc1ccc(CCCCN=C(N)NC(=O)c2nc(Cl)c(N)nc2N)cc1)NCCCN(C[C@H](O)C[C@H](O)[C@H](O)CO)C[C@H](O)[C@@H](O)[C@H](O)[C@H](O)CO. The number of aliphatic hydroxyl groups is 9. The smallest absolute Gasteiger partial charge is 0.280 e. The van der Waals surface area contributed by atoms with Gasteiger partial charge in [0, 0.05) is 26.1 Å². The Labute approximate surface area is 335 Å². The lowest BCUT2D eigenvalue weighted by atomic mass is 10.0. The molecule has 1 heterocycles. The van der Waals surface area contributed by atoms with Crippen molar-refractivity contribution in [1.29, 1.82) is 0 Å². The number of nitrogen functional groups attached to an aromatic ring is 2. The van der Waals surface area contributed by atoms with Crippen molar-refractivity contribution in [1.82, 2.24) is 25.5 Å². The molecule has 0 bridgehead atoms. The van der Waals surface area contributed by atoms with Crippen LogP contribution in [0.15, 0.2) is 29.3 Å². The Hall–Kier alpha value is -3.84. The fourth-order valence-electron chi connectivity index (χ4n) is 5.69. The number of aliphatic hydroxyl groups excluding tert-OH is 9. The van der Waals surface area contributed by atoms with Crippen LogP contribution in [0.25, 0.3) is 0 Å². The van der Waals surface area contributed by atoms with Gasteiger partial charge in [0.1, 0.15) is 24.4 Å². The zero-order valence-electron chi connectivity index (χ0n) is 31.6. The minimum absolute atomic E-state index is 0.103. The molecule has 0 aliphatic carbocycles. The number of nitrogens with zero attached hydrogens (tertiary/aromatic N) is 4. The molecule has 1 aromatic heterocycles.